The van der Waals surface area contributed by atoms with Gasteiger partial charge in [-0.1, -0.05) is 47.5 Å². The van der Waals surface area contributed by atoms with Crippen molar-refractivity contribution in [2.45, 2.75) is 13.8 Å². The number of anilines is 1. The molecule has 0 N–H and O–H groups in total. The van der Waals surface area contributed by atoms with Gasteiger partial charge >= 0.3 is 5.97 Å². The molecule has 0 bridgehead atoms. The molecule has 3 aromatic rings. The van der Waals surface area contributed by atoms with Crippen LogP contribution in [0, 0.1) is 0 Å². The van der Waals surface area contributed by atoms with Crippen LogP contribution in [0.25, 0.3) is 6.08 Å². The predicted octanol–water partition coefficient (Wildman–Crippen LogP) is 6.42. The van der Waals surface area contributed by atoms with Crippen LogP contribution < -0.4 is 14.5 Å². The Bertz CT molecular complexity index is 1320. The van der Waals surface area contributed by atoms with Crippen molar-refractivity contribution >= 4 is 52.6 Å². The van der Waals surface area contributed by atoms with E-state index in [-0.39, 0.29) is 22.2 Å². The summed E-state index contributed by atoms with van der Waals surface area (Å²) in [5.41, 5.74) is 2.63. The second-order valence-electron chi connectivity index (χ2n) is 7.35. The van der Waals surface area contributed by atoms with Gasteiger partial charge in [-0.3, -0.25) is 4.79 Å². The lowest BCUT2D eigenvalue weighted by Gasteiger charge is -2.13. The molecule has 34 heavy (non-hydrogen) atoms. The zero-order valence-electron chi connectivity index (χ0n) is 18.4. The van der Waals surface area contributed by atoms with E-state index in [4.69, 9.17) is 32.7 Å². The van der Waals surface area contributed by atoms with E-state index < -0.39 is 5.97 Å². The van der Waals surface area contributed by atoms with Crippen LogP contribution in [0.1, 0.15) is 29.8 Å². The standard InChI is InChI=1S/C26H20Cl2N2O4/c1-3-33-24-14-17(9-12-23(24)34-26(32)20-11-10-18(27)15-22(20)28)13-21-16(2)29-30(25(21)31)19-7-5-4-6-8-19/h4-15H,3H2,1-2H3. The number of halogens is 2. The number of esters is 1. The van der Waals surface area contributed by atoms with Crippen LogP contribution in [-0.4, -0.2) is 24.2 Å². The Morgan fingerprint density at radius 1 is 1.03 bits per heavy atom. The summed E-state index contributed by atoms with van der Waals surface area (Å²) in [5.74, 6) is -0.278. The number of carbonyl (C=O) groups excluding carboxylic acids is 2. The summed E-state index contributed by atoms with van der Waals surface area (Å²) in [7, 11) is 0. The summed E-state index contributed by atoms with van der Waals surface area (Å²) >= 11 is 12.0. The molecule has 172 valence electrons. The third kappa shape index (κ3) is 4.98. The number of amides is 1. The molecule has 3 aromatic carbocycles. The van der Waals surface area contributed by atoms with E-state index >= 15 is 0 Å². The Hall–Kier alpha value is -3.61. The Morgan fingerprint density at radius 2 is 1.79 bits per heavy atom. The zero-order chi connectivity index (χ0) is 24.2. The first-order valence-corrected chi connectivity index (χ1v) is 11.2. The Kier molecular flexibility index (Phi) is 7.01. The van der Waals surface area contributed by atoms with E-state index in [9.17, 15) is 9.59 Å². The number of carbonyl (C=O) groups is 2. The van der Waals surface area contributed by atoms with Gasteiger partial charge < -0.3 is 9.47 Å². The fraction of sp³-hybridized carbons (Fsp3) is 0.115. The molecule has 1 aliphatic rings. The summed E-state index contributed by atoms with van der Waals surface area (Å²) in [6.07, 6.45) is 1.73. The minimum Gasteiger partial charge on any atom is -0.490 e. The molecular weight excluding hydrogens is 475 g/mol. The molecule has 0 unspecified atom stereocenters. The third-order valence-corrected chi connectivity index (χ3v) is 5.54. The zero-order valence-corrected chi connectivity index (χ0v) is 19.9. The number of hydrogen-bond acceptors (Lipinski definition) is 5. The fourth-order valence-electron chi connectivity index (χ4n) is 3.37. The van der Waals surface area contributed by atoms with Crippen LogP contribution in [-0.2, 0) is 4.79 Å². The van der Waals surface area contributed by atoms with Crippen LogP contribution in [0.5, 0.6) is 11.5 Å². The van der Waals surface area contributed by atoms with Crippen molar-refractivity contribution in [3.8, 4) is 11.5 Å². The lowest BCUT2D eigenvalue weighted by Crippen LogP contribution is -2.21. The molecule has 0 aromatic heterocycles. The average Bonchev–Trinajstić information content (AvgIpc) is 3.09. The Balaban J connectivity index is 1.60. The van der Waals surface area contributed by atoms with Crippen molar-refractivity contribution in [2.75, 3.05) is 11.6 Å². The van der Waals surface area contributed by atoms with Crippen LogP contribution in [0.2, 0.25) is 10.0 Å². The maximum absolute atomic E-state index is 13.0. The average molecular weight is 495 g/mol. The number of nitrogens with zero attached hydrogens (tertiary/aromatic N) is 2. The summed E-state index contributed by atoms with van der Waals surface area (Å²) in [4.78, 5) is 25.6. The second kappa shape index (κ2) is 10.1. The van der Waals surface area contributed by atoms with Crippen LogP contribution in [0.15, 0.2) is 77.4 Å². The molecule has 0 saturated carbocycles. The molecule has 0 radical (unpaired) electrons. The molecular formula is C26H20Cl2N2O4. The molecule has 0 atom stereocenters. The Labute approximate surface area is 207 Å². The summed E-state index contributed by atoms with van der Waals surface area (Å²) in [6, 6.07) is 18.8. The molecule has 0 spiro atoms. The van der Waals surface area contributed by atoms with Gasteiger partial charge in [0.25, 0.3) is 5.91 Å². The van der Waals surface area contributed by atoms with Gasteiger partial charge in [0.1, 0.15) is 0 Å². The SMILES string of the molecule is CCOc1cc(C=C2C(=O)N(c3ccccc3)N=C2C)ccc1OC(=O)c1ccc(Cl)cc1Cl. The monoisotopic (exact) mass is 494 g/mol. The van der Waals surface area contributed by atoms with E-state index in [1.54, 1.807) is 37.3 Å². The van der Waals surface area contributed by atoms with Crippen LogP contribution >= 0.6 is 23.2 Å². The smallest absolute Gasteiger partial charge is 0.345 e. The third-order valence-electron chi connectivity index (χ3n) is 5.00. The number of benzene rings is 3. The molecule has 0 fully saturated rings. The van der Waals surface area contributed by atoms with E-state index in [1.165, 1.54) is 17.1 Å². The van der Waals surface area contributed by atoms with E-state index in [0.717, 1.165) is 0 Å². The van der Waals surface area contributed by atoms with Gasteiger partial charge in [-0.05, 0) is 68.0 Å². The van der Waals surface area contributed by atoms with Gasteiger partial charge in [0.2, 0.25) is 0 Å². The minimum absolute atomic E-state index is 0.184. The molecule has 1 heterocycles. The van der Waals surface area contributed by atoms with Crippen LogP contribution in [0.4, 0.5) is 5.69 Å². The molecule has 0 saturated heterocycles. The van der Waals surface area contributed by atoms with Gasteiger partial charge in [0.15, 0.2) is 11.5 Å². The van der Waals surface area contributed by atoms with E-state index in [1.807, 2.05) is 37.3 Å². The molecule has 8 heteroatoms. The first kappa shape index (κ1) is 23.5. The molecule has 0 aliphatic carbocycles. The predicted molar refractivity (Wildman–Crippen MR) is 134 cm³/mol. The largest absolute Gasteiger partial charge is 0.490 e. The number of hydrogen-bond donors (Lipinski definition) is 0. The topological polar surface area (TPSA) is 68.2 Å². The fourth-order valence-corrected chi connectivity index (χ4v) is 3.86. The highest BCUT2D eigenvalue weighted by molar-refractivity contribution is 6.36. The van der Waals surface area contributed by atoms with Crippen molar-refractivity contribution in [1.82, 2.24) is 0 Å². The van der Waals surface area contributed by atoms with Crippen molar-refractivity contribution in [2.24, 2.45) is 5.10 Å². The second-order valence-corrected chi connectivity index (χ2v) is 8.19. The number of hydrazone groups is 1. The summed E-state index contributed by atoms with van der Waals surface area (Å²) < 4.78 is 11.2. The number of ether oxygens (including phenoxy) is 2. The lowest BCUT2D eigenvalue weighted by molar-refractivity contribution is -0.114. The van der Waals surface area contributed by atoms with Crippen molar-refractivity contribution in [3.63, 3.8) is 0 Å². The molecule has 1 amide bonds. The van der Waals surface area contributed by atoms with E-state index in [2.05, 4.69) is 5.10 Å². The number of rotatable bonds is 6. The first-order valence-electron chi connectivity index (χ1n) is 10.5. The molecule has 1 aliphatic heterocycles. The van der Waals surface area contributed by atoms with Gasteiger partial charge in [0.05, 0.1) is 34.2 Å². The molecule has 4 rings (SSSR count). The quantitative estimate of drug-likeness (QED) is 0.225. The van der Waals surface area contributed by atoms with Crippen molar-refractivity contribution in [1.29, 1.82) is 0 Å². The highest BCUT2D eigenvalue weighted by atomic mass is 35.5. The summed E-state index contributed by atoms with van der Waals surface area (Å²) in [6.45, 7) is 3.96. The molecule has 6 nitrogen and oxygen atoms in total. The number of para-hydroxylation sites is 1. The normalized spacial score (nSPS) is 14.4. The Morgan fingerprint density at radius 3 is 2.50 bits per heavy atom. The van der Waals surface area contributed by atoms with Gasteiger partial charge in [-0.2, -0.15) is 10.1 Å². The van der Waals surface area contributed by atoms with E-state index in [0.29, 0.717) is 39.9 Å². The lowest BCUT2D eigenvalue weighted by atomic mass is 10.1. The van der Waals surface area contributed by atoms with Crippen molar-refractivity contribution in [3.05, 3.63) is 93.5 Å². The highest BCUT2D eigenvalue weighted by Crippen LogP contribution is 2.32. The van der Waals surface area contributed by atoms with Gasteiger partial charge in [-0.25, -0.2) is 4.79 Å². The highest BCUT2D eigenvalue weighted by Gasteiger charge is 2.28. The van der Waals surface area contributed by atoms with Gasteiger partial charge in [-0.15, -0.1) is 0 Å². The summed E-state index contributed by atoms with van der Waals surface area (Å²) in [5, 5.41) is 6.37. The first-order chi connectivity index (χ1) is 16.4. The van der Waals surface area contributed by atoms with Crippen LogP contribution in [0.3, 0.4) is 0 Å². The van der Waals surface area contributed by atoms with Crippen molar-refractivity contribution < 1.29 is 19.1 Å². The maximum Gasteiger partial charge on any atom is 0.345 e. The maximum atomic E-state index is 13.0. The minimum atomic E-state index is -0.638. The van der Waals surface area contributed by atoms with Gasteiger partial charge in [0, 0.05) is 5.02 Å².